The highest BCUT2D eigenvalue weighted by atomic mass is 19.3. The van der Waals surface area contributed by atoms with Crippen molar-refractivity contribution in [2.24, 2.45) is 17.8 Å². The Labute approximate surface area is 232 Å². The number of alkyl halides is 4. The summed E-state index contributed by atoms with van der Waals surface area (Å²) in [5.41, 5.74) is -2.07. The zero-order chi connectivity index (χ0) is 30.8. The molecule has 15 heteroatoms. The first-order chi connectivity index (χ1) is 19.7. The van der Waals surface area contributed by atoms with Gasteiger partial charge in [0, 0.05) is 36.1 Å². The van der Waals surface area contributed by atoms with Crippen LogP contribution in [0, 0.1) is 41.0 Å². The quantitative estimate of drug-likeness (QED) is 0.209. The van der Waals surface area contributed by atoms with Gasteiger partial charge in [0.15, 0.2) is 29.9 Å². The van der Waals surface area contributed by atoms with Crippen LogP contribution >= 0.6 is 0 Å². The molecule has 4 rings (SSSR count). The Balaban J connectivity index is 1.43. The standard InChI is InChI=1S/C27H24F10O5/c1-13-10-39-25(40-11-13)14-2-4-15(5-3-14)26(34,35)41-16-6-18(28)23(19(29)7-16)27(36,37)42-17-8-20(30)24(21(31)9-17)38-12-22(32)33/h6-9,12-15,25H,2-5,10-11H2,1H3. The molecule has 0 aromatic heterocycles. The number of halogens is 10. The molecule has 0 spiro atoms. The average Bonchev–Trinajstić information content (AvgIpc) is 2.87. The normalized spacial score (nSPS) is 23.3. The minimum atomic E-state index is -4.92. The van der Waals surface area contributed by atoms with E-state index in [1.165, 1.54) is 0 Å². The fourth-order valence-electron chi connectivity index (χ4n) is 4.75. The third kappa shape index (κ3) is 7.41. The molecule has 1 aliphatic heterocycles. The van der Waals surface area contributed by atoms with Crippen LogP contribution in [0.15, 0.2) is 36.6 Å². The molecule has 2 aromatic rings. The van der Waals surface area contributed by atoms with Gasteiger partial charge in [0.05, 0.1) is 19.1 Å². The zero-order valence-corrected chi connectivity index (χ0v) is 21.8. The van der Waals surface area contributed by atoms with Crippen molar-refractivity contribution in [1.82, 2.24) is 0 Å². The van der Waals surface area contributed by atoms with E-state index >= 15 is 0 Å². The van der Waals surface area contributed by atoms with Crippen molar-refractivity contribution in [3.63, 3.8) is 0 Å². The smallest absolute Gasteiger partial charge is 0.432 e. The van der Waals surface area contributed by atoms with Gasteiger partial charge < -0.3 is 23.7 Å². The number of rotatable bonds is 9. The van der Waals surface area contributed by atoms with E-state index in [2.05, 4.69) is 14.2 Å². The predicted octanol–water partition coefficient (Wildman–Crippen LogP) is 8.28. The van der Waals surface area contributed by atoms with Crippen LogP contribution in [0.2, 0.25) is 0 Å². The number of hydrogen-bond donors (Lipinski definition) is 0. The van der Waals surface area contributed by atoms with Crippen LogP contribution in [0.25, 0.3) is 0 Å². The van der Waals surface area contributed by atoms with Crippen LogP contribution in [0.1, 0.15) is 38.2 Å². The topological polar surface area (TPSA) is 46.2 Å². The van der Waals surface area contributed by atoms with Crippen molar-refractivity contribution in [1.29, 1.82) is 0 Å². The molecule has 5 nitrogen and oxygen atoms in total. The van der Waals surface area contributed by atoms with Gasteiger partial charge in [-0.05, 0) is 25.7 Å². The second-order valence-corrected chi connectivity index (χ2v) is 10.0. The van der Waals surface area contributed by atoms with Gasteiger partial charge in [0.25, 0.3) is 0 Å². The van der Waals surface area contributed by atoms with E-state index in [9.17, 15) is 43.9 Å². The van der Waals surface area contributed by atoms with E-state index < -0.39 is 76.6 Å². The maximum absolute atomic E-state index is 14.9. The van der Waals surface area contributed by atoms with Gasteiger partial charge in [-0.25, -0.2) is 17.6 Å². The summed E-state index contributed by atoms with van der Waals surface area (Å²) >= 11 is 0. The van der Waals surface area contributed by atoms with Gasteiger partial charge in [-0.2, -0.15) is 26.3 Å². The van der Waals surface area contributed by atoms with Gasteiger partial charge in [0.1, 0.15) is 28.7 Å². The maximum Gasteiger partial charge on any atom is 0.432 e. The lowest BCUT2D eigenvalue weighted by atomic mass is 9.81. The summed E-state index contributed by atoms with van der Waals surface area (Å²) in [6.45, 7) is 2.91. The van der Waals surface area contributed by atoms with E-state index in [-0.39, 0.29) is 55.2 Å². The molecule has 0 unspecified atom stereocenters. The molecule has 1 saturated carbocycles. The highest BCUT2D eigenvalue weighted by Gasteiger charge is 2.47. The Bertz CT molecular complexity index is 1240. The third-order valence-electron chi connectivity index (χ3n) is 6.77. The third-order valence-corrected chi connectivity index (χ3v) is 6.77. The van der Waals surface area contributed by atoms with Crippen LogP contribution in [-0.2, 0) is 15.6 Å². The van der Waals surface area contributed by atoms with Gasteiger partial charge in [-0.1, -0.05) is 6.92 Å². The summed E-state index contributed by atoms with van der Waals surface area (Å²) in [5, 5.41) is 0. The largest absolute Gasteiger partial charge is 0.453 e. The molecule has 232 valence electrons. The Morgan fingerprint density at radius 2 is 1.29 bits per heavy atom. The van der Waals surface area contributed by atoms with Crippen molar-refractivity contribution < 1.29 is 67.6 Å². The van der Waals surface area contributed by atoms with Crippen LogP contribution < -0.4 is 14.2 Å². The lowest BCUT2D eigenvalue weighted by Crippen LogP contribution is -2.41. The van der Waals surface area contributed by atoms with Crippen molar-refractivity contribution >= 4 is 0 Å². The predicted molar refractivity (Wildman–Crippen MR) is 124 cm³/mol. The molecule has 0 radical (unpaired) electrons. The highest BCUT2D eigenvalue weighted by molar-refractivity contribution is 5.37. The first-order valence-electron chi connectivity index (χ1n) is 12.7. The first kappa shape index (κ1) is 31.7. The van der Waals surface area contributed by atoms with Crippen molar-refractivity contribution in [2.75, 3.05) is 13.2 Å². The Hall–Kier alpha value is -3.20. The molecule has 42 heavy (non-hydrogen) atoms. The SMILES string of the molecule is CC1COC(C2CCC(C(F)(F)Oc3cc(F)c(C(F)(F)Oc4cc(F)c(OC=C(F)F)c(F)c4)c(F)c3)CC2)OC1. The molecule has 1 saturated heterocycles. The molecule has 0 amide bonds. The molecule has 1 aliphatic carbocycles. The Morgan fingerprint density at radius 1 is 0.786 bits per heavy atom. The van der Waals surface area contributed by atoms with Crippen LogP contribution in [-0.4, -0.2) is 25.6 Å². The van der Waals surface area contributed by atoms with Crippen molar-refractivity contribution in [3.8, 4) is 17.2 Å². The lowest BCUT2D eigenvalue weighted by Gasteiger charge is -2.38. The molecule has 2 aliphatic rings. The molecule has 0 atom stereocenters. The van der Waals surface area contributed by atoms with Gasteiger partial charge in [-0.3, -0.25) is 0 Å². The summed E-state index contributed by atoms with van der Waals surface area (Å²) in [7, 11) is 0. The minimum Gasteiger partial charge on any atom is -0.453 e. The van der Waals surface area contributed by atoms with Crippen LogP contribution in [0.5, 0.6) is 17.2 Å². The lowest BCUT2D eigenvalue weighted by molar-refractivity contribution is -0.246. The maximum atomic E-state index is 14.9. The van der Waals surface area contributed by atoms with E-state index in [4.69, 9.17) is 9.47 Å². The van der Waals surface area contributed by atoms with Crippen LogP contribution in [0.3, 0.4) is 0 Å². The Morgan fingerprint density at radius 3 is 1.81 bits per heavy atom. The molecule has 0 N–H and O–H groups in total. The fraction of sp³-hybridized carbons (Fsp3) is 0.481. The summed E-state index contributed by atoms with van der Waals surface area (Å²) in [4.78, 5) is 0. The molecule has 1 heterocycles. The molecular formula is C27H24F10O5. The van der Waals surface area contributed by atoms with Crippen molar-refractivity contribution in [3.05, 3.63) is 65.4 Å². The minimum absolute atomic E-state index is 0.0264. The fourth-order valence-corrected chi connectivity index (χ4v) is 4.75. The van der Waals surface area contributed by atoms with Gasteiger partial charge >= 0.3 is 18.3 Å². The molecular weight excluding hydrogens is 594 g/mol. The second kappa shape index (κ2) is 12.6. The second-order valence-electron chi connectivity index (χ2n) is 10.0. The first-order valence-corrected chi connectivity index (χ1v) is 12.7. The van der Waals surface area contributed by atoms with E-state index in [1.807, 2.05) is 6.92 Å². The zero-order valence-electron chi connectivity index (χ0n) is 21.8. The molecule has 2 aromatic carbocycles. The van der Waals surface area contributed by atoms with Crippen molar-refractivity contribution in [2.45, 2.75) is 51.1 Å². The van der Waals surface area contributed by atoms with E-state index in [0.717, 1.165) is 0 Å². The highest BCUT2D eigenvalue weighted by Crippen LogP contribution is 2.43. The summed E-state index contributed by atoms with van der Waals surface area (Å²) < 4.78 is 164. The molecule has 0 bridgehead atoms. The number of hydrogen-bond acceptors (Lipinski definition) is 5. The van der Waals surface area contributed by atoms with E-state index in [0.29, 0.717) is 26.1 Å². The average molecular weight is 618 g/mol. The van der Waals surface area contributed by atoms with Crippen LogP contribution in [0.4, 0.5) is 43.9 Å². The monoisotopic (exact) mass is 618 g/mol. The van der Waals surface area contributed by atoms with Gasteiger partial charge in [-0.15, -0.1) is 0 Å². The Kier molecular flexibility index (Phi) is 9.50. The molecule has 2 fully saturated rings. The van der Waals surface area contributed by atoms with E-state index in [1.54, 1.807) is 0 Å². The summed E-state index contributed by atoms with van der Waals surface area (Å²) in [6, 6.07) is 0.365. The summed E-state index contributed by atoms with van der Waals surface area (Å²) in [6.07, 6.45) is -11.5. The van der Waals surface area contributed by atoms with Gasteiger partial charge in [0.2, 0.25) is 0 Å². The number of ether oxygens (including phenoxy) is 5. The summed E-state index contributed by atoms with van der Waals surface area (Å²) in [5.74, 6) is -12.7. The number of benzene rings is 2.